The van der Waals surface area contributed by atoms with Gasteiger partial charge >= 0.3 is 0 Å². The van der Waals surface area contributed by atoms with E-state index >= 15 is 0 Å². The van der Waals surface area contributed by atoms with Crippen LogP contribution in [0.15, 0.2) is 30.9 Å². The van der Waals surface area contributed by atoms with Crippen LogP contribution < -0.4 is 10.1 Å². The first-order chi connectivity index (χ1) is 10.8. The molecule has 1 heterocycles. The average Bonchev–Trinajstić information content (AvgIpc) is 2.56. The average molecular weight is 343 g/mol. The first-order valence-corrected chi connectivity index (χ1v) is 8.15. The molecule has 0 bridgehead atoms. The Morgan fingerprint density at radius 1 is 1.35 bits per heavy atom. The number of allylic oxidation sites excluding steroid dienone is 1. The smallest absolute Gasteiger partial charge is 0.123 e. The molecule has 1 atom stereocenters. The number of benzene rings is 1. The second kappa shape index (κ2) is 10.6. The van der Waals surface area contributed by atoms with Crippen molar-refractivity contribution < 1.29 is 9.13 Å². The maximum absolute atomic E-state index is 13.8. The third kappa shape index (κ3) is 5.79. The zero-order chi connectivity index (χ0) is 15.8. The summed E-state index contributed by atoms with van der Waals surface area (Å²) in [5.41, 5.74) is 0.975. The molecule has 1 saturated heterocycles. The highest BCUT2D eigenvalue weighted by Gasteiger charge is 2.24. The largest absolute Gasteiger partial charge is 0.496 e. The van der Waals surface area contributed by atoms with Crippen molar-refractivity contribution in [3.05, 3.63) is 42.2 Å². The Hall–Kier alpha value is -1.10. The van der Waals surface area contributed by atoms with Crippen molar-refractivity contribution in [1.29, 1.82) is 0 Å². The zero-order valence-corrected chi connectivity index (χ0v) is 14.7. The van der Waals surface area contributed by atoms with Crippen molar-refractivity contribution in [2.75, 3.05) is 33.3 Å². The van der Waals surface area contributed by atoms with Gasteiger partial charge in [0.05, 0.1) is 7.11 Å². The van der Waals surface area contributed by atoms with Gasteiger partial charge in [-0.15, -0.1) is 19.0 Å². The van der Waals surface area contributed by atoms with Crippen LogP contribution in [0.3, 0.4) is 0 Å². The van der Waals surface area contributed by atoms with Gasteiger partial charge in [0.25, 0.3) is 0 Å². The molecule has 0 amide bonds. The first-order valence-electron chi connectivity index (χ1n) is 8.15. The minimum absolute atomic E-state index is 0. The summed E-state index contributed by atoms with van der Waals surface area (Å²) in [7, 11) is 1.66. The van der Waals surface area contributed by atoms with E-state index in [1.807, 2.05) is 6.08 Å². The molecule has 5 heteroatoms. The van der Waals surface area contributed by atoms with Gasteiger partial charge in [-0.2, -0.15) is 0 Å². The summed E-state index contributed by atoms with van der Waals surface area (Å²) in [6, 6.07) is 5.06. The second-order valence-corrected chi connectivity index (χ2v) is 5.76. The van der Waals surface area contributed by atoms with Gasteiger partial charge in [0.15, 0.2) is 0 Å². The van der Waals surface area contributed by atoms with Crippen LogP contribution in [0.2, 0.25) is 0 Å². The summed E-state index contributed by atoms with van der Waals surface area (Å²) in [6.45, 7) is 7.73. The standard InChI is InChI=1S/C18H27FN2O.ClH/c1-3-4-5-6-7-17(21-12-10-20-11-13-21)16-14-15(19)8-9-18(16)22-2;/h3,8-9,14,17,20H,1,4-7,10-13H2,2H3;1H/t17-;/m0./s1. The van der Waals surface area contributed by atoms with E-state index in [9.17, 15) is 4.39 Å². The van der Waals surface area contributed by atoms with Gasteiger partial charge in [-0.05, 0) is 37.5 Å². The molecule has 0 saturated carbocycles. The molecule has 0 spiro atoms. The molecular formula is C18H28ClFN2O. The van der Waals surface area contributed by atoms with Crippen LogP contribution in [-0.4, -0.2) is 38.2 Å². The Balaban J connectivity index is 0.00000264. The van der Waals surface area contributed by atoms with Gasteiger partial charge in [0.2, 0.25) is 0 Å². The fourth-order valence-corrected chi connectivity index (χ4v) is 3.12. The van der Waals surface area contributed by atoms with Crippen LogP contribution >= 0.6 is 12.4 Å². The maximum Gasteiger partial charge on any atom is 0.123 e. The number of ether oxygens (including phenoxy) is 1. The Morgan fingerprint density at radius 2 is 2.09 bits per heavy atom. The normalized spacial score (nSPS) is 16.4. The van der Waals surface area contributed by atoms with Crippen LogP contribution in [0.4, 0.5) is 4.39 Å². The van der Waals surface area contributed by atoms with Crippen molar-refractivity contribution in [2.45, 2.75) is 31.7 Å². The molecule has 130 valence electrons. The van der Waals surface area contributed by atoms with Crippen molar-refractivity contribution in [3.8, 4) is 5.75 Å². The van der Waals surface area contributed by atoms with E-state index in [4.69, 9.17) is 4.74 Å². The molecule has 23 heavy (non-hydrogen) atoms. The molecular weight excluding hydrogens is 315 g/mol. The van der Waals surface area contributed by atoms with Gasteiger partial charge in [0, 0.05) is 37.8 Å². The SMILES string of the molecule is C=CCCCC[C@@H](c1cc(F)ccc1OC)N1CCNCC1.Cl. The Kier molecular flexibility index (Phi) is 9.22. The molecule has 0 aromatic heterocycles. The molecule has 1 fully saturated rings. The van der Waals surface area contributed by atoms with E-state index in [0.29, 0.717) is 0 Å². The highest BCUT2D eigenvalue weighted by atomic mass is 35.5. The number of nitrogens with zero attached hydrogens (tertiary/aromatic N) is 1. The van der Waals surface area contributed by atoms with Crippen molar-refractivity contribution in [3.63, 3.8) is 0 Å². The highest BCUT2D eigenvalue weighted by Crippen LogP contribution is 2.34. The lowest BCUT2D eigenvalue weighted by atomic mass is 9.97. The van der Waals surface area contributed by atoms with Crippen molar-refractivity contribution in [1.82, 2.24) is 10.2 Å². The van der Waals surface area contributed by atoms with Crippen LogP contribution in [0.1, 0.15) is 37.3 Å². The van der Waals surface area contributed by atoms with Crippen molar-refractivity contribution in [2.24, 2.45) is 0 Å². The summed E-state index contributed by atoms with van der Waals surface area (Å²) < 4.78 is 19.2. The van der Waals surface area contributed by atoms with E-state index in [-0.39, 0.29) is 24.3 Å². The molecule has 2 rings (SSSR count). The minimum atomic E-state index is -0.193. The number of hydrogen-bond acceptors (Lipinski definition) is 3. The number of hydrogen-bond donors (Lipinski definition) is 1. The maximum atomic E-state index is 13.8. The topological polar surface area (TPSA) is 24.5 Å². The Labute approximate surface area is 145 Å². The van der Waals surface area contributed by atoms with E-state index in [0.717, 1.165) is 63.2 Å². The lowest BCUT2D eigenvalue weighted by molar-refractivity contribution is 0.160. The molecule has 1 aromatic carbocycles. The molecule has 1 N–H and O–H groups in total. The molecule has 3 nitrogen and oxygen atoms in total. The minimum Gasteiger partial charge on any atom is -0.496 e. The van der Waals surface area contributed by atoms with Gasteiger partial charge < -0.3 is 10.1 Å². The van der Waals surface area contributed by atoms with Crippen LogP contribution in [-0.2, 0) is 0 Å². The summed E-state index contributed by atoms with van der Waals surface area (Å²) in [6.07, 6.45) is 6.26. The quantitative estimate of drug-likeness (QED) is 0.572. The first kappa shape index (κ1) is 19.9. The lowest BCUT2D eigenvalue weighted by Crippen LogP contribution is -2.45. The molecule has 1 aliphatic rings. The van der Waals surface area contributed by atoms with Crippen LogP contribution in [0.5, 0.6) is 5.75 Å². The van der Waals surface area contributed by atoms with Gasteiger partial charge in [-0.1, -0.05) is 12.5 Å². The molecule has 1 aromatic rings. The predicted molar refractivity (Wildman–Crippen MR) is 96.0 cm³/mol. The number of unbranched alkanes of at least 4 members (excludes halogenated alkanes) is 2. The van der Waals surface area contributed by atoms with Crippen molar-refractivity contribution >= 4 is 12.4 Å². The fourth-order valence-electron chi connectivity index (χ4n) is 3.12. The summed E-state index contributed by atoms with van der Waals surface area (Å²) >= 11 is 0. The predicted octanol–water partition coefficient (Wildman–Crippen LogP) is 3.95. The fraction of sp³-hybridized carbons (Fsp3) is 0.556. The number of piperazine rings is 1. The zero-order valence-electron chi connectivity index (χ0n) is 13.9. The molecule has 1 aliphatic heterocycles. The molecule has 0 radical (unpaired) electrons. The second-order valence-electron chi connectivity index (χ2n) is 5.76. The third-order valence-electron chi connectivity index (χ3n) is 4.28. The number of rotatable bonds is 8. The summed E-state index contributed by atoms with van der Waals surface area (Å²) in [5, 5.41) is 3.38. The van der Waals surface area contributed by atoms with Crippen LogP contribution in [0.25, 0.3) is 0 Å². The lowest BCUT2D eigenvalue weighted by Gasteiger charge is -2.36. The Bertz CT molecular complexity index is 478. The highest BCUT2D eigenvalue weighted by molar-refractivity contribution is 5.85. The monoisotopic (exact) mass is 342 g/mol. The van der Waals surface area contributed by atoms with E-state index < -0.39 is 0 Å². The van der Waals surface area contributed by atoms with E-state index in [1.54, 1.807) is 19.2 Å². The third-order valence-corrected chi connectivity index (χ3v) is 4.28. The molecule has 0 unspecified atom stereocenters. The van der Waals surface area contributed by atoms with E-state index in [1.165, 1.54) is 6.07 Å². The summed E-state index contributed by atoms with van der Waals surface area (Å²) in [4.78, 5) is 2.45. The summed E-state index contributed by atoms with van der Waals surface area (Å²) in [5.74, 6) is 0.593. The van der Waals surface area contributed by atoms with E-state index in [2.05, 4.69) is 16.8 Å². The van der Waals surface area contributed by atoms with Crippen LogP contribution in [0, 0.1) is 5.82 Å². The molecule has 0 aliphatic carbocycles. The van der Waals surface area contributed by atoms with Gasteiger partial charge in [-0.3, -0.25) is 4.90 Å². The number of nitrogens with one attached hydrogen (secondary N) is 1. The Morgan fingerprint density at radius 3 is 2.74 bits per heavy atom. The van der Waals surface area contributed by atoms with Gasteiger partial charge in [0.1, 0.15) is 11.6 Å². The number of methoxy groups -OCH3 is 1. The van der Waals surface area contributed by atoms with Gasteiger partial charge in [-0.25, -0.2) is 4.39 Å². The number of halogens is 2.